The zero-order valence-electron chi connectivity index (χ0n) is 11.2. The van der Waals surface area contributed by atoms with Crippen LogP contribution in [0.4, 0.5) is 13.2 Å². The highest BCUT2D eigenvalue weighted by Crippen LogP contribution is 2.22. The average molecular weight is 270 g/mol. The lowest BCUT2D eigenvalue weighted by atomic mass is 10.1. The van der Waals surface area contributed by atoms with Crippen molar-refractivity contribution in [2.24, 2.45) is 10.2 Å². The molecule has 0 saturated heterocycles. The highest BCUT2D eigenvalue weighted by molar-refractivity contribution is 5.21. The minimum Gasteiger partial charge on any atom is -0.183 e. The zero-order chi connectivity index (χ0) is 14.5. The molecular formula is C14H17F3N2. The maximum absolute atomic E-state index is 12.5. The Kier molecular flexibility index (Phi) is 4.86. The number of azo groups is 1. The van der Waals surface area contributed by atoms with Crippen LogP contribution in [0.15, 0.2) is 52.3 Å². The highest BCUT2D eigenvalue weighted by Gasteiger charge is 2.25. The lowest BCUT2D eigenvalue weighted by Gasteiger charge is -2.11. The van der Waals surface area contributed by atoms with Gasteiger partial charge in [-0.1, -0.05) is 30.3 Å². The average Bonchev–Trinajstić information content (AvgIpc) is 2.24. The summed E-state index contributed by atoms with van der Waals surface area (Å²) in [7, 11) is 0. The molecule has 0 radical (unpaired) electrons. The van der Waals surface area contributed by atoms with E-state index in [0.29, 0.717) is 0 Å². The molecule has 2 nitrogen and oxygen atoms in total. The van der Waals surface area contributed by atoms with E-state index >= 15 is 0 Å². The largest absolute Gasteiger partial charge is 0.411 e. The van der Waals surface area contributed by atoms with Crippen molar-refractivity contribution in [3.63, 3.8) is 0 Å². The molecule has 0 aromatic heterocycles. The molecule has 0 spiro atoms. The Morgan fingerprint density at radius 1 is 1.11 bits per heavy atom. The molecule has 0 aliphatic carbocycles. The van der Waals surface area contributed by atoms with Crippen molar-refractivity contribution in [2.75, 3.05) is 0 Å². The topological polar surface area (TPSA) is 24.7 Å². The molecule has 1 aromatic rings. The molecule has 0 heterocycles. The molecule has 1 aromatic carbocycles. The van der Waals surface area contributed by atoms with Crippen molar-refractivity contribution >= 4 is 0 Å². The first kappa shape index (κ1) is 15.4. The van der Waals surface area contributed by atoms with Gasteiger partial charge < -0.3 is 0 Å². The molecule has 104 valence electrons. The van der Waals surface area contributed by atoms with Gasteiger partial charge in [0.15, 0.2) is 0 Å². The Bertz CT molecular complexity index is 454. The zero-order valence-corrected chi connectivity index (χ0v) is 11.2. The van der Waals surface area contributed by atoms with E-state index in [9.17, 15) is 13.2 Å². The molecule has 0 aliphatic rings. The summed E-state index contributed by atoms with van der Waals surface area (Å²) in [5.41, 5.74) is 0.181. The number of hydrogen-bond acceptors (Lipinski definition) is 2. The van der Waals surface area contributed by atoms with Crippen molar-refractivity contribution in [2.45, 2.75) is 38.9 Å². The minimum absolute atomic E-state index is 0.0892. The standard InChI is InChI=1S/C14H17F3N2/c1-13(2,3)19-18-12(10-14(15,16)17)9-11-7-5-4-6-8-11/h4-8,10H,9H2,1-3H3/b12-10-,19-18?. The number of halogens is 3. The second-order valence-electron chi connectivity index (χ2n) is 5.21. The SMILES string of the molecule is CC(C)(C)N=N/C(=C\C(F)(F)F)Cc1ccccc1. The van der Waals surface area contributed by atoms with E-state index in [0.717, 1.165) is 5.56 Å². The summed E-state index contributed by atoms with van der Waals surface area (Å²) in [6.45, 7) is 5.35. The van der Waals surface area contributed by atoms with Crippen LogP contribution in [0.5, 0.6) is 0 Å². The van der Waals surface area contributed by atoms with Crippen LogP contribution in [-0.4, -0.2) is 11.7 Å². The maximum Gasteiger partial charge on any atom is 0.411 e. The lowest BCUT2D eigenvalue weighted by molar-refractivity contribution is -0.0806. The van der Waals surface area contributed by atoms with E-state index in [1.165, 1.54) is 0 Å². The molecule has 0 fully saturated rings. The number of alkyl halides is 3. The third kappa shape index (κ3) is 7.39. The summed E-state index contributed by atoms with van der Waals surface area (Å²) < 4.78 is 37.4. The molecule has 0 amide bonds. The van der Waals surface area contributed by atoms with Gasteiger partial charge in [0.05, 0.1) is 11.2 Å². The first-order valence-electron chi connectivity index (χ1n) is 5.91. The van der Waals surface area contributed by atoms with Crippen LogP contribution >= 0.6 is 0 Å². The van der Waals surface area contributed by atoms with Gasteiger partial charge in [0.25, 0.3) is 0 Å². The third-order valence-electron chi connectivity index (χ3n) is 2.04. The summed E-state index contributed by atoms with van der Waals surface area (Å²) in [5.74, 6) is 0. The normalized spacial score (nSPS) is 14.1. The van der Waals surface area contributed by atoms with Gasteiger partial charge in [-0.05, 0) is 26.3 Å². The number of hydrogen-bond donors (Lipinski definition) is 0. The van der Waals surface area contributed by atoms with E-state index in [2.05, 4.69) is 10.2 Å². The van der Waals surface area contributed by atoms with Crippen molar-refractivity contribution < 1.29 is 13.2 Å². The van der Waals surface area contributed by atoms with Crippen LogP contribution in [0.1, 0.15) is 26.3 Å². The summed E-state index contributed by atoms with van der Waals surface area (Å²) in [5, 5.41) is 7.64. The van der Waals surface area contributed by atoms with Gasteiger partial charge in [-0.3, -0.25) is 0 Å². The Hall–Kier alpha value is -1.65. The van der Waals surface area contributed by atoms with E-state index in [4.69, 9.17) is 0 Å². The molecule has 5 heteroatoms. The molecule has 0 atom stereocenters. The molecule has 0 N–H and O–H groups in total. The number of allylic oxidation sites excluding steroid dienone is 2. The van der Waals surface area contributed by atoms with Gasteiger partial charge in [-0.2, -0.15) is 23.4 Å². The minimum atomic E-state index is -4.39. The predicted octanol–water partition coefficient (Wildman–Crippen LogP) is 4.93. The summed E-state index contributed by atoms with van der Waals surface area (Å²) in [6.07, 6.45) is -4.07. The fraction of sp³-hybridized carbons (Fsp3) is 0.429. The van der Waals surface area contributed by atoms with Crippen molar-refractivity contribution in [1.29, 1.82) is 0 Å². The second kappa shape index (κ2) is 5.99. The Balaban J connectivity index is 2.95. The predicted molar refractivity (Wildman–Crippen MR) is 68.9 cm³/mol. The van der Waals surface area contributed by atoms with Gasteiger partial charge in [0, 0.05) is 12.5 Å². The van der Waals surface area contributed by atoms with Crippen LogP contribution in [-0.2, 0) is 6.42 Å². The molecule has 1 rings (SSSR count). The van der Waals surface area contributed by atoms with Crippen molar-refractivity contribution in [1.82, 2.24) is 0 Å². The Morgan fingerprint density at radius 2 is 1.68 bits per heavy atom. The summed E-state index contributed by atoms with van der Waals surface area (Å²) in [4.78, 5) is 0. The Labute approximate surface area is 111 Å². The van der Waals surface area contributed by atoms with Crippen LogP contribution in [0.25, 0.3) is 0 Å². The van der Waals surface area contributed by atoms with Gasteiger partial charge in [-0.25, -0.2) is 0 Å². The first-order valence-corrected chi connectivity index (χ1v) is 5.91. The molecule has 0 unspecified atom stereocenters. The number of rotatable bonds is 3. The first-order chi connectivity index (χ1) is 8.66. The van der Waals surface area contributed by atoms with Gasteiger partial charge in [0.2, 0.25) is 0 Å². The van der Waals surface area contributed by atoms with E-state index in [1.807, 2.05) is 6.07 Å². The van der Waals surface area contributed by atoms with E-state index in [1.54, 1.807) is 45.0 Å². The quantitative estimate of drug-likeness (QED) is 0.696. The van der Waals surface area contributed by atoms with Gasteiger partial charge >= 0.3 is 6.18 Å². The Morgan fingerprint density at radius 3 is 2.16 bits per heavy atom. The third-order valence-corrected chi connectivity index (χ3v) is 2.04. The van der Waals surface area contributed by atoms with Gasteiger partial charge in [0.1, 0.15) is 0 Å². The molecule has 19 heavy (non-hydrogen) atoms. The van der Waals surface area contributed by atoms with Crippen LogP contribution in [0.3, 0.4) is 0 Å². The maximum atomic E-state index is 12.5. The van der Waals surface area contributed by atoms with E-state index in [-0.39, 0.29) is 18.2 Å². The van der Waals surface area contributed by atoms with Crippen LogP contribution < -0.4 is 0 Å². The highest BCUT2D eigenvalue weighted by atomic mass is 19.4. The van der Waals surface area contributed by atoms with Crippen molar-refractivity contribution in [3.05, 3.63) is 47.7 Å². The number of benzene rings is 1. The van der Waals surface area contributed by atoms with Crippen molar-refractivity contribution in [3.8, 4) is 0 Å². The molecule has 0 bridgehead atoms. The monoisotopic (exact) mass is 270 g/mol. The fourth-order valence-electron chi connectivity index (χ4n) is 1.32. The summed E-state index contributed by atoms with van der Waals surface area (Å²) in [6, 6.07) is 8.89. The fourth-order valence-corrected chi connectivity index (χ4v) is 1.32. The van der Waals surface area contributed by atoms with Crippen LogP contribution in [0, 0.1) is 0 Å². The smallest absolute Gasteiger partial charge is 0.183 e. The molecule has 0 aliphatic heterocycles. The lowest BCUT2D eigenvalue weighted by Crippen LogP contribution is -2.09. The van der Waals surface area contributed by atoms with Crippen LogP contribution in [0.2, 0.25) is 0 Å². The second-order valence-corrected chi connectivity index (χ2v) is 5.21. The molecule has 0 saturated carbocycles. The summed E-state index contributed by atoms with van der Waals surface area (Å²) >= 11 is 0. The van der Waals surface area contributed by atoms with Gasteiger partial charge in [-0.15, -0.1) is 0 Å². The molecular weight excluding hydrogens is 253 g/mol. The number of nitrogens with zero attached hydrogens (tertiary/aromatic N) is 2. The van der Waals surface area contributed by atoms with E-state index < -0.39 is 11.7 Å².